The molecule has 0 spiro atoms. The Balaban J connectivity index is 1.98. The van der Waals surface area contributed by atoms with Gasteiger partial charge in [-0.2, -0.15) is 0 Å². The summed E-state index contributed by atoms with van der Waals surface area (Å²) in [6.07, 6.45) is 1.64. The van der Waals surface area contributed by atoms with E-state index < -0.39 is 17.1 Å². The molecule has 1 aliphatic heterocycles. The smallest absolute Gasteiger partial charge is 0.326 e. The third-order valence-corrected chi connectivity index (χ3v) is 4.63. The van der Waals surface area contributed by atoms with E-state index in [-0.39, 0.29) is 13.2 Å². The first-order valence-electron chi connectivity index (χ1n) is 7.32. The highest BCUT2D eigenvalue weighted by Crippen LogP contribution is 2.32. The van der Waals surface area contributed by atoms with Gasteiger partial charge in [-0.25, -0.2) is 0 Å². The minimum atomic E-state index is -0.580. The van der Waals surface area contributed by atoms with Crippen molar-refractivity contribution < 1.29 is 24.0 Å². The standard InChI is InChI=1S/C16H17BrN2O4S/c1-18(2)7-8-23-14(20)10-19-15(21)13(24-16(19)22)9-11-3-5-12(17)6-4-11/h3-6,9H,7-8,10H2,1-2H3/p+1. The van der Waals surface area contributed by atoms with E-state index in [1.165, 1.54) is 0 Å². The largest absolute Gasteiger partial charge is 0.458 e. The van der Waals surface area contributed by atoms with E-state index in [0.29, 0.717) is 11.4 Å². The Kier molecular flexibility index (Phi) is 6.59. The Morgan fingerprint density at radius 2 is 1.96 bits per heavy atom. The van der Waals surface area contributed by atoms with Crippen LogP contribution in [0.25, 0.3) is 6.08 Å². The number of hydrogen-bond donors (Lipinski definition) is 1. The van der Waals surface area contributed by atoms with Crippen molar-refractivity contribution in [2.45, 2.75) is 0 Å². The van der Waals surface area contributed by atoms with Gasteiger partial charge in [0.15, 0.2) is 0 Å². The highest BCUT2D eigenvalue weighted by Gasteiger charge is 2.36. The number of rotatable bonds is 6. The van der Waals surface area contributed by atoms with Gasteiger partial charge < -0.3 is 9.64 Å². The van der Waals surface area contributed by atoms with Crippen LogP contribution in [0.15, 0.2) is 33.6 Å². The van der Waals surface area contributed by atoms with Crippen LogP contribution < -0.4 is 4.90 Å². The molecule has 1 aromatic rings. The maximum absolute atomic E-state index is 12.3. The Labute approximate surface area is 152 Å². The van der Waals surface area contributed by atoms with E-state index in [1.54, 1.807) is 6.08 Å². The van der Waals surface area contributed by atoms with Crippen molar-refractivity contribution in [2.75, 3.05) is 33.8 Å². The SMILES string of the molecule is C[NH+](C)CCOC(=O)CN1C(=O)SC(=Cc2ccc(Br)cc2)C1=O. The van der Waals surface area contributed by atoms with Gasteiger partial charge in [-0.1, -0.05) is 28.1 Å². The summed E-state index contributed by atoms with van der Waals surface area (Å²) in [5.41, 5.74) is 0.806. The van der Waals surface area contributed by atoms with Gasteiger partial charge in [0.25, 0.3) is 11.1 Å². The molecule has 2 amide bonds. The quantitative estimate of drug-likeness (QED) is 0.559. The Bertz CT molecular complexity index is 673. The van der Waals surface area contributed by atoms with E-state index in [4.69, 9.17) is 4.74 Å². The number of hydrogen-bond acceptors (Lipinski definition) is 5. The summed E-state index contributed by atoms with van der Waals surface area (Å²) >= 11 is 4.16. The zero-order valence-corrected chi connectivity index (χ0v) is 15.8. The number of esters is 1. The van der Waals surface area contributed by atoms with Crippen LogP contribution in [0.1, 0.15) is 5.56 Å². The number of halogens is 1. The summed E-state index contributed by atoms with van der Waals surface area (Å²) in [6, 6.07) is 7.35. The molecule has 0 atom stereocenters. The lowest BCUT2D eigenvalue weighted by Gasteiger charge is -2.12. The molecule has 24 heavy (non-hydrogen) atoms. The molecule has 1 heterocycles. The first-order valence-corrected chi connectivity index (χ1v) is 8.93. The molecular formula is C16H18BrN2O4S+. The van der Waals surface area contributed by atoms with Crippen molar-refractivity contribution in [3.8, 4) is 0 Å². The predicted octanol–water partition coefficient (Wildman–Crippen LogP) is 1.17. The number of carbonyl (C=O) groups excluding carboxylic acids is 3. The Morgan fingerprint density at radius 1 is 1.29 bits per heavy atom. The summed E-state index contributed by atoms with van der Waals surface area (Å²) < 4.78 is 5.96. The first-order chi connectivity index (χ1) is 11.4. The number of likely N-dealkylation sites (N-methyl/N-ethyl adjacent to an activating group) is 1. The molecule has 1 N–H and O–H groups in total. The summed E-state index contributed by atoms with van der Waals surface area (Å²) in [5, 5.41) is -0.460. The molecule has 0 bridgehead atoms. The number of ether oxygens (including phenoxy) is 1. The van der Waals surface area contributed by atoms with Crippen LogP contribution in [0.5, 0.6) is 0 Å². The van der Waals surface area contributed by atoms with Gasteiger partial charge >= 0.3 is 5.97 Å². The molecule has 0 aromatic heterocycles. The van der Waals surface area contributed by atoms with Crippen LogP contribution in [0.4, 0.5) is 4.79 Å². The van der Waals surface area contributed by atoms with Gasteiger partial charge in [-0.15, -0.1) is 0 Å². The van der Waals surface area contributed by atoms with E-state index in [9.17, 15) is 14.4 Å². The second-order valence-corrected chi connectivity index (χ2v) is 7.41. The monoisotopic (exact) mass is 413 g/mol. The number of nitrogens with one attached hydrogen (secondary N) is 1. The maximum atomic E-state index is 12.3. The van der Waals surface area contributed by atoms with Crippen molar-refractivity contribution in [1.82, 2.24) is 4.90 Å². The average Bonchev–Trinajstić information content (AvgIpc) is 2.77. The highest BCUT2D eigenvalue weighted by molar-refractivity contribution is 9.10. The molecule has 128 valence electrons. The lowest BCUT2D eigenvalue weighted by molar-refractivity contribution is -0.858. The van der Waals surface area contributed by atoms with Gasteiger partial charge in [-0.3, -0.25) is 19.3 Å². The molecule has 6 nitrogen and oxygen atoms in total. The van der Waals surface area contributed by atoms with Crippen LogP contribution in [-0.4, -0.2) is 55.8 Å². The summed E-state index contributed by atoms with van der Waals surface area (Å²) in [4.78, 5) is 38.4. The molecule has 0 radical (unpaired) electrons. The molecule has 0 aliphatic carbocycles. The van der Waals surface area contributed by atoms with Gasteiger partial charge in [0.1, 0.15) is 19.7 Å². The molecule has 0 saturated carbocycles. The van der Waals surface area contributed by atoms with Crippen LogP contribution in [0.3, 0.4) is 0 Å². The summed E-state index contributed by atoms with van der Waals surface area (Å²) in [7, 11) is 3.88. The Hall–Kier alpha value is -1.64. The Morgan fingerprint density at radius 3 is 2.58 bits per heavy atom. The van der Waals surface area contributed by atoms with Crippen molar-refractivity contribution in [3.63, 3.8) is 0 Å². The molecule has 1 fully saturated rings. The number of thioether (sulfide) groups is 1. The van der Waals surface area contributed by atoms with Crippen LogP contribution in [-0.2, 0) is 14.3 Å². The van der Waals surface area contributed by atoms with E-state index in [1.807, 2.05) is 38.4 Å². The molecule has 2 rings (SSSR count). The van der Waals surface area contributed by atoms with Crippen LogP contribution in [0.2, 0.25) is 0 Å². The normalized spacial score (nSPS) is 16.3. The van der Waals surface area contributed by atoms with E-state index in [0.717, 1.165) is 31.6 Å². The number of amides is 2. The van der Waals surface area contributed by atoms with Gasteiger partial charge in [0.2, 0.25) is 0 Å². The lowest BCUT2D eigenvalue weighted by Crippen LogP contribution is -3.06. The summed E-state index contributed by atoms with van der Waals surface area (Å²) in [5.74, 6) is -1.05. The number of carbonyl (C=O) groups is 3. The number of nitrogens with zero attached hydrogens (tertiary/aromatic N) is 1. The minimum Gasteiger partial charge on any atom is -0.458 e. The third-order valence-electron chi connectivity index (χ3n) is 3.19. The summed E-state index contributed by atoms with van der Waals surface area (Å²) in [6.45, 7) is 0.564. The topological polar surface area (TPSA) is 68.1 Å². The highest BCUT2D eigenvalue weighted by atomic mass is 79.9. The van der Waals surface area contributed by atoms with Crippen LogP contribution >= 0.6 is 27.7 Å². The fourth-order valence-electron chi connectivity index (χ4n) is 1.89. The number of benzene rings is 1. The maximum Gasteiger partial charge on any atom is 0.326 e. The lowest BCUT2D eigenvalue weighted by atomic mass is 10.2. The van der Waals surface area contributed by atoms with Gasteiger partial charge in [0, 0.05) is 4.47 Å². The van der Waals surface area contributed by atoms with Crippen molar-refractivity contribution in [2.24, 2.45) is 0 Å². The minimum absolute atomic E-state index is 0.256. The second-order valence-electron chi connectivity index (χ2n) is 5.50. The fourth-order valence-corrected chi connectivity index (χ4v) is 2.99. The third kappa shape index (κ3) is 5.19. The van der Waals surface area contributed by atoms with Gasteiger partial charge in [-0.05, 0) is 35.5 Å². The molecule has 1 saturated heterocycles. The average molecular weight is 414 g/mol. The number of imide groups is 1. The molecule has 8 heteroatoms. The van der Waals surface area contributed by atoms with Crippen molar-refractivity contribution in [3.05, 3.63) is 39.2 Å². The zero-order chi connectivity index (χ0) is 17.7. The molecule has 1 aliphatic rings. The molecule has 0 unspecified atom stereocenters. The van der Waals surface area contributed by atoms with Crippen molar-refractivity contribution in [1.29, 1.82) is 0 Å². The predicted molar refractivity (Wildman–Crippen MR) is 95.5 cm³/mol. The van der Waals surface area contributed by atoms with E-state index >= 15 is 0 Å². The van der Waals surface area contributed by atoms with Crippen LogP contribution in [0, 0.1) is 0 Å². The van der Waals surface area contributed by atoms with Crippen molar-refractivity contribution >= 4 is 50.9 Å². The number of quaternary nitrogens is 1. The molecular weight excluding hydrogens is 396 g/mol. The first kappa shape index (κ1) is 18.7. The van der Waals surface area contributed by atoms with E-state index in [2.05, 4.69) is 15.9 Å². The molecule has 1 aromatic carbocycles. The zero-order valence-electron chi connectivity index (χ0n) is 13.4. The van der Waals surface area contributed by atoms with Gasteiger partial charge in [0.05, 0.1) is 19.0 Å². The second kappa shape index (κ2) is 8.46. The fraction of sp³-hybridized carbons (Fsp3) is 0.312.